The fourth-order valence-electron chi connectivity index (χ4n) is 4.06. The Balaban J connectivity index is 1.51. The molecule has 2 aliphatic heterocycles. The molecule has 1 atom stereocenters. The fourth-order valence-corrected chi connectivity index (χ4v) is 4.06. The molecule has 2 saturated heterocycles. The van der Waals surface area contributed by atoms with Crippen LogP contribution in [0.4, 0.5) is 0 Å². The zero-order valence-corrected chi connectivity index (χ0v) is 15.7. The van der Waals surface area contributed by atoms with Crippen molar-refractivity contribution in [2.75, 3.05) is 19.8 Å². The standard InChI is InChI=1S/C21H27N3O3/c25-19(15-16-10-13-26-14-11-16)24-12-6-2-5-9-18(24)20-22-21(27-23-20)17-7-3-1-4-8-17/h1,3-4,7-8,16,18H,2,5-6,9-15H2/t18-/m0/s1. The van der Waals surface area contributed by atoms with Crippen molar-refractivity contribution in [3.8, 4) is 11.5 Å². The predicted octanol–water partition coefficient (Wildman–Crippen LogP) is 4.00. The molecule has 0 saturated carbocycles. The van der Waals surface area contributed by atoms with Crippen molar-refractivity contribution in [3.63, 3.8) is 0 Å². The zero-order chi connectivity index (χ0) is 18.5. The molecule has 0 bridgehead atoms. The molecule has 3 heterocycles. The number of hydrogen-bond acceptors (Lipinski definition) is 5. The Morgan fingerprint density at radius 2 is 1.89 bits per heavy atom. The Morgan fingerprint density at radius 3 is 2.70 bits per heavy atom. The van der Waals surface area contributed by atoms with E-state index in [1.807, 2.05) is 35.2 Å². The molecular weight excluding hydrogens is 342 g/mol. The van der Waals surface area contributed by atoms with Crippen LogP contribution in [-0.4, -0.2) is 40.7 Å². The molecule has 27 heavy (non-hydrogen) atoms. The van der Waals surface area contributed by atoms with E-state index in [2.05, 4.69) is 10.1 Å². The summed E-state index contributed by atoms with van der Waals surface area (Å²) in [5.74, 6) is 1.81. The monoisotopic (exact) mass is 369 g/mol. The maximum absolute atomic E-state index is 13.1. The third kappa shape index (κ3) is 4.38. The van der Waals surface area contributed by atoms with Crippen molar-refractivity contribution < 1.29 is 14.1 Å². The molecule has 2 aromatic rings. The van der Waals surface area contributed by atoms with Crippen molar-refractivity contribution >= 4 is 5.91 Å². The van der Waals surface area contributed by atoms with Crippen molar-refractivity contribution in [3.05, 3.63) is 36.2 Å². The number of carbonyl (C=O) groups excluding carboxylic acids is 1. The molecular formula is C21H27N3O3. The molecule has 1 aromatic carbocycles. The minimum absolute atomic E-state index is 0.0824. The predicted molar refractivity (Wildman–Crippen MR) is 101 cm³/mol. The molecule has 0 radical (unpaired) electrons. The van der Waals surface area contributed by atoms with Gasteiger partial charge in [0.15, 0.2) is 5.82 Å². The largest absolute Gasteiger partial charge is 0.381 e. The molecule has 0 spiro atoms. The van der Waals surface area contributed by atoms with E-state index >= 15 is 0 Å². The van der Waals surface area contributed by atoms with Gasteiger partial charge < -0.3 is 14.2 Å². The number of aromatic nitrogens is 2. The number of carbonyl (C=O) groups is 1. The van der Waals surface area contributed by atoms with Crippen LogP contribution in [0, 0.1) is 5.92 Å². The average molecular weight is 369 g/mol. The Labute approximate surface area is 159 Å². The molecule has 2 aliphatic rings. The molecule has 0 N–H and O–H groups in total. The van der Waals surface area contributed by atoms with Crippen LogP contribution in [0.2, 0.25) is 0 Å². The number of hydrogen-bond donors (Lipinski definition) is 0. The van der Waals surface area contributed by atoms with Crippen molar-refractivity contribution in [2.24, 2.45) is 5.92 Å². The SMILES string of the molecule is O=C(CC1CCOCC1)N1CCCCC[C@H]1c1noc(-c2ccccc2)n1. The molecule has 6 heteroatoms. The van der Waals surface area contributed by atoms with Gasteiger partial charge in [-0.25, -0.2) is 0 Å². The number of amides is 1. The van der Waals surface area contributed by atoms with E-state index in [1.165, 1.54) is 0 Å². The van der Waals surface area contributed by atoms with Crippen LogP contribution >= 0.6 is 0 Å². The van der Waals surface area contributed by atoms with Gasteiger partial charge in [-0.2, -0.15) is 4.98 Å². The Bertz CT molecular complexity index is 740. The second-order valence-corrected chi connectivity index (χ2v) is 7.54. The Hall–Kier alpha value is -2.21. The number of benzene rings is 1. The highest BCUT2D eigenvalue weighted by atomic mass is 16.5. The highest BCUT2D eigenvalue weighted by molar-refractivity contribution is 5.77. The maximum Gasteiger partial charge on any atom is 0.257 e. The molecule has 1 aromatic heterocycles. The van der Waals surface area contributed by atoms with Crippen LogP contribution in [0.25, 0.3) is 11.5 Å². The van der Waals surface area contributed by atoms with Gasteiger partial charge in [-0.1, -0.05) is 36.2 Å². The molecule has 2 fully saturated rings. The topological polar surface area (TPSA) is 68.5 Å². The van der Waals surface area contributed by atoms with Gasteiger partial charge in [0.25, 0.3) is 5.89 Å². The lowest BCUT2D eigenvalue weighted by Crippen LogP contribution is -2.37. The second-order valence-electron chi connectivity index (χ2n) is 7.54. The van der Waals surface area contributed by atoms with Gasteiger partial charge in [-0.05, 0) is 43.7 Å². The van der Waals surface area contributed by atoms with Crippen LogP contribution < -0.4 is 0 Å². The van der Waals surface area contributed by atoms with Crippen LogP contribution in [0.3, 0.4) is 0 Å². The van der Waals surface area contributed by atoms with Gasteiger partial charge in [0, 0.05) is 31.7 Å². The van der Waals surface area contributed by atoms with Crippen LogP contribution in [0.15, 0.2) is 34.9 Å². The summed E-state index contributed by atoms with van der Waals surface area (Å²) < 4.78 is 10.9. The van der Waals surface area contributed by atoms with Gasteiger partial charge >= 0.3 is 0 Å². The number of nitrogens with zero attached hydrogens (tertiary/aromatic N) is 3. The zero-order valence-electron chi connectivity index (χ0n) is 15.7. The first kappa shape index (κ1) is 18.2. The van der Waals surface area contributed by atoms with Crippen LogP contribution in [-0.2, 0) is 9.53 Å². The summed E-state index contributed by atoms with van der Waals surface area (Å²) >= 11 is 0. The molecule has 144 valence electrons. The highest BCUT2D eigenvalue weighted by Gasteiger charge is 2.32. The molecule has 4 rings (SSSR count). The Morgan fingerprint density at radius 1 is 1.07 bits per heavy atom. The van der Waals surface area contributed by atoms with Crippen LogP contribution in [0.1, 0.15) is 56.8 Å². The first-order valence-corrected chi connectivity index (χ1v) is 10.1. The number of ether oxygens (including phenoxy) is 1. The summed E-state index contributed by atoms with van der Waals surface area (Å²) in [5, 5.41) is 4.24. The van der Waals surface area contributed by atoms with Crippen molar-refractivity contribution in [1.82, 2.24) is 15.0 Å². The van der Waals surface area contributed by atoms with Gasteiger partial charge in [0.05, 0.1) is 6.04 Å². The van der Waals surface area contributed by atoms with Crippen molar-refractivity contribution in [2.45, 2.75) is 51.0 Å². The Kier molecular flexibility index (Phi) is 5.82. The van der Waals surface area contributed by atoms with E-state index in [9.17, 15) is 4.79 Å². The average Bonchev–Trinajstić information content (AvgIpc) is 3.07. The second kappa shape index (κ2) is 8.65. The third-order valence-electron chi connectivity index (χ3n) is 5.64. The van der Waals surface area contributed by atoms with Gasteiger partial charge in [-0.15, -0.1) is 0 Å². The lowest BCUT2D eigenvalue weighted by atomic mass is 9.95. The van der Waals surface area contributed by atoms with E-state index in [0.29, 0.717) is 24.1 Å². The highest BCUT2D eigenvalue weighted by Crippen LogP contribution is 2.31. The molecule has 0 aliphatic carbocycles. The molecule has 1 amide bonds. The van der Waals surface area contributed by atoms with Crippen LogP contribution in [0.5, 0.6) is 0 Å². The summed E-state index contributed by atoms with van der Waals surface area (Å²) in [5.41, 5.74) is 0.907. The summed E-state index contributed by atoms with van der Waals surface area (Å²) in [6.45, 7) is 2.32. The summed E-state index contributed by atoms with van der Waals surface area (Å²) in [6, 6.07) is 9.70. The first-order valence-electron chi connectivity index (χ1n) is 10.1. The van der Waals surface area contributed by atoms with Gasteiger partial charge in [0.2, 0.25) is 5.91 Å². The quantitative estimate of drug-likeness (QED) is 0.815. The number of likely N-dealkylation sites (tertiary alicyclic amines) is 1. The van der Waals surface area contributed by atoms with E-state index in [1.54, 1.807) is 0 Å². The van der Waals surface area contributed by atoms with Gasteiger partial charge in [-0.3, -0.25) is 4.79 Å². The smallest absolute Gasteiger partial charge is 0.257 e. The first-order chi connectivity index (χ1) is 13.3. The third-order valence-corrected chi connectivity index (χ3v) is 5.64. The van der Waals surface area contributed by atoms with Crippen molar-refractivity contribution in [1.29, 1.82) is 0 Å². The minimum atomic E-state index is -0.0824. The lowest BCUT2D eigenvalue weighted by molar-refractivity contribution is -0.135. The van der Waals surface area contributed by atoms with E-state index < -0.39 is 0 Å². The summed E-state index contributed by atoms with van der Waals surface area (Å²) in [7, 11) is 0. The lowest BCUT2D eigenvalue weighted by Gasteiger charge is -2.30. The summed E-state index contributed by atoms with van der Waals surface area (Å²) in [6.07, 6.45) is 6.72. The normalized spacial score (nSPS) is 21.8. The molecule has 0 unspecified atom stereocenters. The number of rotatable bonds is 4. The maximum atomic E-state index is 13.1. The fraction of sp³-hybridized carbons (Fsp3) is 0.571. The van der Waals surface area contributed by atoms with E-state index in [-0.39, 0.29) is 11.9 Å². The summed E-state index contributed by atoms with van der Waals surface area (Å²) in [4.78, 5) is 19.7. The minimum Gasteiger partial charge on any atom is -0.381 e. The van der Waals surface area contributed by atoms with Gasteiger partial charge in [0.1, 0.15) is 0 Å². The van der Waals surface area contributed by atoms with E-state index in [4.69, 9.17) is 9.26 Å². The van der Waals surface area contributed by atoms with E-state index in [0.717, 1.165) is 63.8 Å². The molecule has 6 nitrogen and oxygen atoms in total.